The van der Waals surface area contributed by atoms with Crippen LogP contribution in [0.5, 0.6) is 0 Å². The first-order valence-corrected chi connectivity index (χ1v) is 5.98. The van der Waals surface area contributed by atoms with E-state index in [2.05, 4.69) is 28.9 Å². The zero-order chi connectivity index (χ0) is 12.7. The van der Waals surface area contributed by atoms with Crippen molar-refractivity contribution < 1.29 is 9.53 Å². The molecule has 1 rings (SSSR count). The van der Waals surface area contributed by atoms with Crippen LogP contribution in [0.4, 0.5) is 5.82 Å². The zero-order valence-electron chi connectivity index (χ0n) is 10.7. The van der Waals surface area contributed by atoms with E-state index in [0.717, 1.165) is 12.2 Å². The SMILES string of the molecule is CCCCC(C)Nc1cc(C(=O)OC)ccn1. The van der Waals surface area contributed by atoms with E-state index in [-0.39, 0.29) is 5.97 Å². The van der Waals surface area contributed by atoms with E-state index >= 15 is 0 Å². The number of nitrogens with one attached hydrogen (secondary N) is 1. The summed E-state index contributed by atoms with van der Waals surface area (Å²) >= 11 is 0. The van der Waals surface area contributed by atoms with Gasteiger partial charge in [0, 0.05) is 12.2 Å². The molecule has 1 atom stereocenters. The second-order valence-corrected chi connectivity index (χ2v) is 4.11. The van der Waals surface area contributed by atoms with E-state index in [9.17, 15) is 4.79 Å². The van der Waals surface area contributed by atoms with Crippen molar-refractivity contribution in [3.8, 4) is 0 Å². The second kappa shape index (κ2) is 6.89. The number of carbonyl (C=O) groups is 1. The minimum Gasteiger partial charge on any atom is -0.465 e. The van der Waals surface area contributed by atoms with Crippen molar-refractivity contribution in [3.05, 3.63) is 23.9 Å². The molecule has 4 heteroatoms. The number of carbonyl (C=O) groups excluding carboxylic acids is 1. The summed E-state index contributed by atoms with van der Waals surface area (Å²) in [7, 11) is 1.37. The van der Waals surface area contributed by atoms with Gasteiger partial charge in [-0.2, -0.15) is 0 Å². The summed E-state index contributed by atoms with van der Waals surface area (Å²) in [5.41, 5.74) is 0.521. The minimum absolute atomic E-state index is 0.336. The van der Waals surface area contributed by atoms with Crippen LogP contribution in [0.25, 0.3) is 0 Å². The first-order valence-electron chi connectivity index (χ1n) is 5.98. The molecule has 0 aromatic carbocycles. The summed E-state index contributed by atoms with van der Waals surface area (Å²) < 4.78 is 4.67. The van der Waals surface area contributed by atoms with E-state index in [0.29, 0.717) is 11.6 Å². The fourth-order valence-corrected chi connectivity index (χ4v) is 1.59. The highest BCUT2D eigenvalue weighted by Gasteiger charge is 2.08. The van der Waals surface area contributed by atoms with Gasteiger partial charge in [-0.15, -0.1) is 0 Å². The average molecular weight is 236 g/mol. The molecule has 1 aromatic rings. The van der Waals surface area contributed by atoms with Crippen LogP contribution in [-0.2, 0) is 4.74 Å². The Morgan fingerprint density at radius 1 is 1.59 bits per heavy atom. The molecule has 0 aliphatic carbocycles. The lowest BCUT2D eigenvalue weighted by atomic mass is 10.1. The summed E-state index contributed by atoms with van der Waals surface area (Å²) in [4.78, 5) is 15.5. The van der Waals surface area contributed by atoms with Gasteiger partial charge in [-0.05, 0) is 25.5 Å². The van der Waals surface area contributed by atoms with Crippen LogP contribution in [-0.4, -0.2) is 24.1 Å². The van der Waals surface area contributed by atoms with Crippen LogP contribution < -0.4 is 5.32 Å². The smallest absolute Gasteiger partial charge is 0.338 e. The molecular weight excluding hydrogens is 216 g/mol. The predicted octanol–water partition coefficient (Wildman–Crippen LogP) is 2.86. The number of nitrogens with zero attached hydrogens (tertiary/aromatic N) is 1. The second-order valence-electron chi connectivity index (χ2n) is 4.11. The fourth-order valence-electron chi connectivity index (χ4n) is 1.59. The third-order valence-electron chi connectivity index (χ3n) is 2.57. The van der Waals surface area contributed by atoms with Gasteiger partial charge >= 0.3 is 5.97 Å². The third-order valence-corrected chi connectivity index (χ3v) is 2.57. The van der Waals surface area contributed by atoms with Gasteiger partial charge < -0.3 is 10.1 Å². The molecule has 0 saturated heterocycles. The maximum atomic E-state index is 11.3. The summed E-state index contributed by atoms with van der Waals surface area (Å²) in [6, 6.07) is 3.72. The summed E-state index contributed by atoms with van der Waals surface area (Å²) in [6.45, 7) is 4.28. The maximum Gasteiger partial charge on any atom is 0.338 e. The number of unbranched alkanes of at least 4 members (excludes halogenated alkanes) is 1. The molecule has 0 aliphatic rings. The minimum atomic E-state index is -0.336. The Kier molecular flexibility index (Phi) is 5.46. The first-order chi connectivity index (χ1) is 8.17. The Morgan fingerprint density at radius 2 is 2.35 bits per heavy atom. The Hall–Kier alpha value is -1.58. The summed E-state index contributed by atoms with van der Waals surface area (Å²) in [6.07, 6.45) is 5.08. The predicted molar refractivity (Wildman–Crippen MR) is 68.2 cm³/mol. The van der Waals surface area contributed by atoms with Gasteiger partial charge in [-0.3, -0.25) is 0 Å². The van der Waals surface area contributed by atoms with Crippen LogP contribution in [0.3, 0.4) is 0 Å². The number of anilines is 1. The Morgan fingerprint density at radius 3 is 3.00 bits per heavy atom. The maximum absolute atomic E-state index is 11.3. The van der Waals surface area contributed by atoms with Gasteiger partial charge in [0.25, 0.3) is 0 Å². The van der Waals surface area contributed by atoms with Gasteiger partial charge in [0.2, 0.25) is 0 Å². The molecule has 0 aliphatic heterocycles. The Labute approximate surface area is 102 Å². The normalized spacial score (nSPS) is 11.9. The molecule has 0 saturated carbocycles. The Bertz CT molecular complexity index is 366. The van der Waals surface area contributed by atoms with E-state index in [1.54, 1.807) is 18.3 Å². The molecular formula is C13H20N2O2. The number of methoxy groups -OCH3 is 1. The number of hydrogen-bond acceptors (Lipinski definition) is 4. The van der Waals surface area contributed by atoms with Gasteiger partial charge in [-0.25, -0.2) is 9.78 Å². The van der Waals surface area contributed by atoms with E-state index < -0.39 is 0 Å². The molecule has 0 fully saturated rings. The van der Waals surface area contributed by atoms with Crippen molar-refractivity contribution in [3.63, 3.8) is 0 Å². The van der Waals surface area contributed by atoms with Crippen molar-refractivity contribution in [2.75, 3.05) is 12.4 Å². The zero-order valence-corrected chi connectivity index (χ0v) is 10.7. The molecule has 0 amide bonds. The number of hydrogen-bond donors (Lipinski definition) is 1. The van der Waals surface area contributed by atoms with Gasteiger partial charge in [0.1, 0.15) is 5.82 Å². The molecule has 1 heterocycles. The van der Waals surface area contributed by atoms with Crippen LogP contribution in [0, 0.1) is 0 Å². The number of rotatable bonds is 6. The quantitative estimate of drug-likeness (QED) is 0.772. The Balaban J connectivity index is 2.62. The molecule has 17 heavy (non-hydrogen) atoms. The average Bonchev–Trinajstić information content (AvgIpc) is 2.35. The lowest BCUT2D eigenvalue weighted by Gasteiger charge is -2.14. The largest absolute Gasteiger partial charge is 0.465 e. The molecule has 1 aromatic heterocycles. The molecule has 94 valence electrons. The molecule has 1 N–H and O–H groups in total. The molecule has 4 nitrogen and oxygen atoms in total. The molecule has 0 spiro atoms. The number of pyridine rings is 1. The van der Waals surface area contributed by atoms with Crippen molar-refractivity contribution in [2.45, 2.75) is 39.2 Å². The highest BCUT2D eigenvalue weighted by atomic mass is 16.5. The van der Waals surface area contributed by atoms with Gasteiger partial charge in [0.15, 0.2) is 0 Å². The summed E-state index contributed by atoms with van der Waals surface area (Å²) in [5, 5.41) is 3.28. The van der Waals surface area contributed by atoms with Crippen LogP contribution in [0.15, 0.2) is 18.3 Å². The van der Waals surface area contributed by atoms with Crippen molar-refractivity contribution >= 4 is 11.8 Å². The number of ether oxygens (including phenoxy) is 1. The topological polar surface area (TPSA) is 51.2 Å². The molecule has 1 unspecified atom stereocenters. The van der Waals surface area contributed by atoms with Crippen LogP contribution in [0.2, 0.25) is 0 Å². The van der Waals surface area contributed by atoms with Gasteiger partial charge in [0.05, 0.1) is 12.7 Å². The van der Waals surface area contributed by atoms with E-state index in [1.807, 2.05) is 0 Å². The highest BCUT2D eigenvalue weighted by molar-refractivity contribution is 5.89. The summed E-state index contributed by atoms with van der Waals surface area (Å²) in [5.74, 6) is 0.383. The van der Waals surface area contributed by atoms with Crippen LogP contribution >= 0.6 is 0 Å². The molecule has 0 radical (unpaired) electrons. The lowest BCUT2D eigenvalue weighted by Crippen LogP contribution is -2.16. The monoisotopic (exact) mass is 236 g/mol. The fraction of sp³-hybridized carbons (Fsp3) is 0.538. The van der Waals surface area contributed by atoms with Crippen molar-refractivity contribution in [1.29, 1.82) is 0 Å². The first kappa shape index (κ1) is 13.5. The third kappa shape index (κ3) is 4.43. The highest BCUT2D eigenvalue weighted by Crippen LogP contribution is 2.11. The van der Waals surface area contributed by atoms with Crippen molar-refractivity contribution in [2.24, 2.45) is 0 Å². The standard InChI is InChI=1S/C13H20N2O2/c1-4-5-6-10(2)15-12-9-11(7-8-14-12)13(16)17-3/h7-10H,4-6H2,1-3H3,(H,14,15). The van der Waals surface area contributed by atoms with Crippen LogP contribution in [0.1, 0.15) is 43.5 Å². The molecule has 0 bridgehead atoms. The van der Waals surface area contributed by atoms with E-state index in [1.165, 1.54) is 20.0 Å². The van der Waals surface area contributed by atoms with Gasteiger partial charge in [-0.1, -0.05) is 19.8 Å². The van der Waals surface area contributed by atoms with E-state index in [4.69, 9.17) is 0 Å². The number of aromatic nitrogens is 1. The number of esters is 1. The lowest BCUT2D eigenvalue weighted by molar-refractivity contribution is 0.0600. The van der Waals surface area contributed by atoms with Crippen molar-refractivity contribution in [1.82, 2.24) is 4.98 Å².